The Hall–Kier alpha value is -2.82. The second-order valence-corrected chi connectivity index (χ2v) is 5.37. The van der Waals surface area contributed by atoms with Crippen molar-refractivity contribution in [3.05, 3.63) is 58.7 Å². The lowest BCUT2D eigenvalue weighted by atomic mass is 10.0. The molecule has 0 heterocycles. The highest BCUT2D eigenvalue weighted by Gasteiger charge is 2.14. The predicted octanol–water partition coefficient (Wildman–Crippen LogP) is 3.36. The van der Waals surface area contributed by atoms with Crippen molar-refractivity contribution in [2.45, 2.75) is 13.8 Å². The van der Waals surface area contributed by atoms with E-state index in [9.17, 15) is 9.59 Å². The SMILES string of the molecule is COc1ccc(C(=O)OCC(=O)c2ccc(C)c(C)c2)cc1OC. The number of ketones is 1. The van der Waals surface area contributed by atoms with Gasteiger partial charge in [-0.05, 0) is 49.2 Å². The summed E-state index contributed by atoms with van der Waals surface area (Å²) in [6, 6.07) is 10.1. The van der Waals surface area contributed by atoms with Crippen LogP contribution < -0.4 is 9.47 Å². The minimum atomic E-state index is -0.590. The number of hydrogen-bond acceptors (Lipinski definition) is 5. The van der Waals surface area contributed by atoms with E-state index in [0.717, 1.165) is 11.1 Å². The first-order valence-corrected chi connectivity index (χ1v) is 7.46. The molecule has 0 radical (unpaired) electrons. The first-order chi connectivity index (χ1) is 11.5. The molecule has 0 bridgehead atoms. The summed E-state index contributed by atoms with van der Waals surface area (Å²) < 4.78 is 15.4. The molecule has 0 atom stereocenters. The molecule has 0 aliphatic carbocycles. The van der Waals surface area contributed by atoms with Crippen molar-refractivity contribution in [1.82, 2.24) is 0 Å². The van der Waals surface area contributed by atoms with Crippen LogP contribution >= 0.6 is 0 Å². The molecule has 0 aliphatic heterocycles. The van der Waals surface area contributed by atoms with Gasteiger partial charge in [0, 0.05) is 5.56 Å². The van der Waals surface area contributed by atoms with Crippen molar-refractivity contribution < 1.29 is 23.8 Å². The molecule has 5 nitrogen and oxygen atoms in total. The van der Waals surface area contributed by atoms with Gasteiger partial charge in [-0.1, -0.05) is 12.1 Å². The third kappa shape index (κ3) is 3.93. The summed E-state index contributed by atoms with van der Waals surface area (Å²) in [6.45, 7) is 3.60. The summed E-state index contributed by atoms with van der Waals surface area (Å²) in [6.07, 6.45) is 0. The van der Waals surface area contributed by atoms with Crippen LogP contribution in [-0.2, 0) is 4.74 Å². The zero-order valence-electron chi connectivity index (χ0n) is 14.2. The molecule has 0 saturated carbocycles. The number of methoxy groups -OCH3 is 2. The predicted molar refractivity (Wildman–Crippen MR) is 90.1 cm³/mol. The fourth-order valence-electron chi connectivity index (χ4n) is 2.18. The summed E-state index contributed by atoms with van der Waals surface area (Å²) in [5.41, 5.74) is 2.94. The lowest BCUT2D eigenvalue weighted by molar-refractivity contribution is 0.0474. The summed E-state index contributed by atoms with van der Waals surface area (Å²) >= 11 is 0. The first-order valence-electron chi connectivity index (χ1n) is 7.46. The fraction of sp³-hybridized carbons (Fsp3) is 0.263. The van der Waals surface area contributed by atoms with Crippen molar-refractivity contribution in [2.24, 2.45) is 0 Å². The second-order valence-electron chi connectivity index (χ2n) is 5.37. The van der Waals surface area contributed by atoms with Crippen LogP contribution in [0, 0.1) is 13.8 Å². The smallest absolute Gasteiger partial charge is 0.338 e. The van der Waals surface area contributed by atoms with Gasteiger partial charge in [0.05, 0.1) is 19.8 Å². The van der Waals surface area contributed by atoms with Gasteiger partial charge in [-0.2, -0.15) is 0 Å². The van der Waals surface area contributed by atoms with E-state index >= 15 is 0 Å². The topological polar surface area (TPSA) is 61.8 Å². The van der Waals surface area contributed by atoms with Gasteiger partial charge in [-0.25, -0.2) is 4.79 Å². The van der Waals surface area contributed by atoms with Crippen LogP contribution in [0.5, 0.6) is 11.5 Å². The van der Waals surface area contributed by atoms with Crippen molar-refractivity contribution in [3.8, 4) is 11.5 Å². The molecule has 0 aliphatic rings. The van der Waals surface area contributed by atoms with Crippen molar-refractivity contribution >= 4 is 11.8 Å². The summed E-state index contributed by atoms with van der Waals surface area (Å²) in [5.74, 6) is 0.104. The average Bonchev–Trinajstić information content (AvgIpc) is 2.60. The summed E-state index contributed by atoms with van der Waals surface area (Å²) in [7, 11) is 2.99. The zero-order valence-corrected chi connectivity index (χ0v) is 14.2. The Labute approximate surface area is 141 Å². The average molecular weight is 328 g/mol. The molecule has 126 valence electrons. The molecular formula is C19H20O5. The van der Waals surface area contributed by atoms with Gasteiger partial charge in [-0.15, -0.1) is 0 Å². The van der Waals surface area contributed by atoms with Gasteiger partial charge in [0.25, 0.3) is 0 Å². The molecule has 0 N–H and O–H groups in total. The van der Waals surface area contributed by atoms with Crippen LogP contribution in [-0.4, -0.2) is 32.6 Å². The van der Waals surface area contributed by atoms with Gasteiger partial charge in [-0.3, -0.25) is 4.79 Å². The number of Topliss-reactive ketones (excluding diaryl/α,β-unsaturated/α-hetero) is 1. The first kappa shape index (κ1) is 17.5. The minimum Gasteiger partial charge on any atom is -0.493 e. The number of rotatable bonds is 6. The highest BCUT2D eigenvalue weighted by molar-refractivity contribution is 5.99. The Morgan fingerprint density at radius 2 is 1.50 bits per heavy atom. The van der Waals surface area contributed by atoms with E-state index in [1.54, 1.807) is 24.3 Å². The number of esters is 1. The number of carbonyl (C=O) groups is 2. The van der Waals surface area contributed by atoms with Crippen LogP contribution in [0.1, 0.15) is 31.8 Å². The normalized spacial score (nSPS) is 10.2. The van der Waals surface area contributed by atoms with E-state index in [4.69, 9.17) is 14.2 Å². The second kappa shape index (κ2) is 7.64. The van der Waals surface area contributed by atoms with Gasteiger partial charge >= 0.3 is 5.97 Å². The third-order valence-electron chi connectivity index (χ3n) is 3.78. The maximum absolute atomic E-state index is 12.1. The van der Waals surface area contributed by atoms with Crippen LogP contribution in [0.15, 0.2) is 36.4 Å². The number of benzene rings is 2. The summed E-state index contributed by atoms with van der Waals surface area (Å²) in [5, 5.41) is 0. The van der Waals surface area contributed by atoms with Crippen LogP contribution in [0.2, 0.25) is 0 Å². The Morgan fingerprint density at radius 3 is 2.12 bits per heavy atom. The maximum Gasteiger partial charge on any atom is 0.338 e. The van der Waals surface area contributed by atoms with Crippen molar-refractivity contribution in [3.63, 3.8) is 0 Å². The molecule has 0 aromatic heterocycles. The molecule has 0 saturated heterocycles. The van der Waals surface area contributed by atoms with E-state index in [1.807, 2.05) is 19.9 Å². The van der Waals surface area contributed by atoms with Crippen LogP contribution in [0.25, 0.3) is 0 Å². The third-order valence-corrected chi connectivity index (χ3v) is 3.78. The highest BCUT2D eigenvalue weighted by atomic mass is 16.5. The maximum atomic E-state index is 12.1. The minimum absolute atomic E-state index is 0.244. The molecular weight excluding hydrogens is 308 g/mol. The Balaban J connectivity index is 2.04. The van der Waals surface area contributed by atoms with E-state index < -0.39 is 5.97 Å². The lowest BCUT2D eigenvalue weighted by Crippen LogP contribution is -2.14. The molecule has 0 spiro atoms. The van der Waals surface area contributed by atoms with Crippen molar-refractivity contribution in [2.75, 3.05) is 20.8 Å². The van der Waals surface area contributed by atoms with Gasteiger partial charge < -0.3 is 14.2 Å². The number of aryl methyl sites for hydroxylation is 2. The lowest BCUT2D eigenvalue weighted by Gasteiger charge is -2.10. The molecule has 2 rings (SSSR count). The molecule has 5 heteroatoms. The van der Waals surface area contributed by atoms with Crippen LogP contribution in [0.4, 0.5) is 0 Å². The van der Waals surface area contributed by atoms with E-state index in [-0.39, 0.29) is 12.4 Å². The fourth-order valence-corrected chi connectivity index (χ4v) is 2.18. The number of carbonyl (C=O) groups excluding carboxylic acids is 2. The Kier molecular flexibility index (Phi) is 5.58. The summed E-state index contributed by atoms with van der Waals surface area (Å²) in [4.78, 5) is 24.2. The Morgan fingerprint density at radius 1 is 0.833 bits per heavy atom. The van der Waals surface area contributed by atoms with E-state index in [1.165, 1.54) is 20.3 Å². The molecule has 24 heavy (non-hydrogen) atoms. The van der Waals surface area contributed by atoms with Gasteiger partial charge in [0.15, 0.2) is 23.9 Å². The standard InChI is InChI=1S/C19H20O5/c1-12-5-6-14(9-13(12)2)16(20)11-24-19(21)15-7-8-17(22-3)18(10-15)23-4/h5-10H,11H2,1-4H3. The molecule has 0 unspecified atom stereocenters. The van der Waals surface area contributed by atoms with Crippen LogP contribution in [0.3, 0.4) is 0 Å². The quantitative estimate of drug-likeness (QED) is 0.601. The van der Waals surface area contributed by atoms with E-state index in [2.05, 4.69) is 0 Å². The number of ether oxygens (including phenoxy) is 3. The largest absolute Gasteiger partial charge is 0.493 e. The highest BCUT2D eigenvalue weighted by Crippen LogP contribution is 2.27. The molecule has 2 aromatic rings. The Bertz CT molecular complexity index is 764. The van der Waals surface area contributed by atoms with Gasteiger partial charge in [0.2, 0.25) is 0 Å². The molecule has 2 aromatic carbocycles. The molecule has 0 amide bonds. The number of hydrogen-bond donors (Lipinski definition) is 0. The monoisotopic (exact) mass is 328 g/mol. The van der Waals surface area contributed by atoms with Gasteiger partial charge in [0.1, 0.15) is 0 Å². The molecule has 0 fully saturated rings. The van der Waals surface area contributed by atoms with E-state index in [0.29, 0.717) is 22.6 Å². The zero-order chi connectivity index (χ0) is 17.7. The van der Waals surface area contributed by atoms with Crippen molar-refractivity contribution in [1.29, 1.82) is 0 Å².